The van der Waals surface area contributed by atoms with Crippen LogP contribution in [0.1, 0.15) is 38.8 Å². The number of carbonyl (C=O) groups is 3. The third kappa shape index (κ3) is 9.26. The van der Waals surface area contributed by atoms with Crippen LogP contribution in [0.2, 0.25) is 0 Å². The van der Waals surface area contributed by atoms with Crippen LogP contribution in [-0.4, -0.2) is 61.8 Å². The molecule has 2 amide bonds. The van der Waals surface area contributed by atoms with Crippen molar-refractivity contribution in [1.82, 2.24) is 4.90 Å². The molecule has 1 fully saturated rings. The van der Waals surface area contributed by atoms with Gasteiger partial charge in [0.1, 0.15) is 18.0 Å². The Morgan fingerprint density at radius 3 is 2.36 bits per heavy atom. The highest BCUT2D eigenvalue weighted by molar-refractivity contribution is 6.02. The van der Waals surface area contributed by atoms with Crippen molar-refractivity contribution in [3.8, 4) is 17.2 Å². The molecule has 0 atom stereocenters. The van der Waals surface area contributed by atoms with E-state index in [1.807, 2.05) is 69.3 Å². The zero-order valence-corrected chi connectivity index (χ0v) is 25.8. The zero-order chi connectivity index (χ0) is 31.7. The second-order valence-electron chi connectivity index (χ2n) is 11.2. The number of rotatable bonds is 9. The van der Waals surface area contributed by atoms with Crippen LogP contribution >= 0.6 is 0 Å². The second kappa shape index (κ2) is 14.5. The normalized spacial score (nSPS) is 13.4. The summed E-state index contributed by atoms with van der Waals surface area (Å²) in [6, 6.07) is 20.3. The van der Waals surface area contributed by atoms with Gasteiger partial charge in [-0.05, 0) is 62.7 Å². The highest BCUT2D eigenvalue weighted by Gasteiger charge is 2.26. The molecule has 1 aliphatic heterocycles. The molecule has 1 saturated heterocycles. The summed E-state index contributed by atoms with van der Waals surface area (Å²) in [4.78, 5) is 40.5. The smallest absolute Gasteiger partial charge is 0.410 e. The fourth-order valence-corrected chi connectivity index (χ4v) is 4.55. The molecule has 0 unspecified atom stereocenters. The Morgan fingerprint density at radius 1 is 0.909 bits per heavy atom. The van der Waals surface area contributed by atoms with E-state index in [1.54, 1.807) is 29.2 Å². The molecule has 0 saturated carbocycles. The number of benzene rings is 3. The van der Waals surface area contributed by atoms with Crippen LogP contribution in [0, 0.1) is 0 Å². The van der Waals surface area contributed by atoms with Crippen molar-refractivity contribution in [2.75, 3.05) is 43.5 Å². The standard InChI is InChI=1S/C34H39N3O7/c1-24(38)43-31-21-25(13-15-30(31)41-5)14-16-32(39)35-29-12-7-6-9-26(29)23-42-28-11-8-10-27(22-28)36-17-19-37(20-18-36)33(40)44-34(2,3)4/h6-16,21-22H,17-20,23H2,1-5H3,(H,35,39)/b16-14+. The minimum absolute atomic E-state index is 0.250. The summed E-state index contributed by atoms with van der Waals surface area (Å²) in [6.07, 6.45) is 2.74. The molecule has 0 aromatic heterocycles. The van der Waals surface area contributed by atoms with Crippen LogP contribution in [-0.2, 0) is 20.9 Å². The van der Waals surface area contributed by atoms with Crippen molar-refractivity contribution in [3.63, 3.8) is 0 Å². The third-order valence-corrected chi connectivity index (χ3v) is 6.65. The van der Waals surface area contributed by atoms with E-state index in [1.165, 1.54) is 20.1 Å². The van der Waals surface area contributed by atoms with Gasteiger partial charge in [-0.25, -0.2) is 4.79 Å². The van der Waals surface area contributed by atoms with Gasteiger partial charge in [-0.15, -0.1) is 0 Å². The monoisotopic (exact) mass is 601 g/mol. The van der Waals surface area contributed by atoms with Gasteiger partial charge in [0.15, 0.2) is 11.5 Å². The van der Waals surface area contributed by atoms with Crippen LogP contribution in [0.4, 0.5) is 16.2 Å². The van der Waals surface area contributed by atoms with E-state index in [4.69, 9.17) is 18.9 Å². The number of amides is 2. The molecule has 1 N–H and O–H groups in total. The summed E-state index contributed by atoms with van der Waals surface area (Å²) in [5.74, 6) is 0.598. The molecular formula is C34H39N3O7. The van der Waals surface area contributed by atoms with Crippen molar-refractivity contribution in [2.24, 2.45) is 0 Å². The number of hydrogen-bond acceptors (Lipinski definition) is 8. The number of hydrogen-bond donors (Lipinski definition) is 1. The highest BCUT2D eigenvalue weighted by Crippen LogP contribution is 2.29. The molecule has 232 valence electrons. The Hall–Kier alpha value is -4.99. The molecule has 0 aliphatic carbocycles. The molecule has 10 heteroatoms. The van der Waals surface area contributed by atoms with Gasteiger partial charge in [-0.2, -0.15) is 0 Å². The van der Waals surface area contributed by atoms with E-state index < -0.39 is 11.6 Å². The van der Waals surface area contributed by atoms with Crippen LogP contribution in [0.25, 0.3) is 6.08 Å². The lowest BCUT2D eigenvalue weighted by molar-refractivity contribution is -0.132. The summed E-state index contributed by atoms with van der Waals surface area (Å²) in [5.41, 5.74) is 2.60. The molecule has 3 aromatic carbocycles. The van der Waals surface area contributed by atoms with Crippen molar-refractivity contribution in [3.05, 3.63) is 83.9 Å². The first kappa shape index (κ1) is 31.9. The Balaban J connectivity index is 1.34. The van der Waals surface area contributed by atoms with E-state index in [9.17, 15) is 14.4 Å². The zero-order valence-electron chi connectivity index (χ0n) is 25.8. The Bertz CT molecular complexity index is 1500. The number of carbonyl (C=O) groups excluding carboxylic acids is 3. The number of methoxy groups -OCH3 is 1. The van der Waals surface area contributed by atoms with Crippen molar-refractivity contribution < 1.29 is 33.3 Å². The van der Waals surface area contributed by atoms with Gasteiger partial charge in [0, 0.05) is 62.2 Å². The predicted octanol–water partition coefficient (Wildman–Crippen LogP) is 5.91. The molecule has 10 nitrogen and oxygen atoms in total. The van der Waals surface area contributed by atoms with Gasteiger partial charge >= 0.3 is 12.1 Å². The fraction of sp³-hybridized carbons (Fsp3) is 0.324. The Kier molecular flexibility index (Phi) is 10.5. The summed E-state index contributed by atoms with van der Waals surface area (Å²) in [7, 11) is 1.49. The molecular weight excluding hydrogens is 562 g/mol. The van der Waals surface area contributed by atoms with Crippen molar-refractivity contribution in [2.45, 2.75) is 39.9 Å². The minimum Gasteiger partial charge on any atom is -0.493 e. The third-order valence-electron chi connectivity index (χ3n) is 6.65. The van der Waals surface area contributed by atoms with Gasteiger partial charge < -0.3 is 34.1 Å². The van der Waals surface area contributed by atoms with E-state index in [-0.39, 0.29) is 24.4 Å². The highest BCUT2D eigenvalue weighted by atomic mass is 16.6. The van der Waals surface area contributed by atoms with Gasteiger partial charge in [-0.1, -0.05) is 30.3 Å². The van der Waals surface area contributed by atoms with Crippen LogP contribution in [0.15, 0.2) is 72.8 Å². The minimum atomic E-state index is -0.521. The number of nitrogens with zero attached hydrogens (tertiary/aromatic N) is 2. The number of anilines is 2. The van der Waals surface area contributed by atoms with Gasteiger partial charge in [0.25, 0.3) is 0 Å². The molecule has 0 bridgehead atoms. The maximum Gasteiger partial charge on any atom is 0.410 e. The van der Waals surface area contributed by atoms with Crippen molar-refractivity contribution in [1.29, 1.82) is 0 Å². The van der Waals surface area contributed by atoms with Crippen LogP contribution in [0.5, 0.6) is 17.2 Å². The first-order valence-electron chi connectivity index (χ1n) is 14.4. The lowest BCUT2D eigenvalue weighted by Gasteiger charge is -2.36. The molecule has 44 heavy (non-hydrogen) atoms. The Morgan fingerprint density at radius 2 is 1.66 bits per heavy atom. The summed E-state index contributed by atoms with van der Waals surface area (Å²) in [6.45, 7) is 9.68. The van der Waals surface area contributed by atoms with Gasteiger partial charge in [0.2, 0.25) is 5.91 Å². The Labute approximate surface area is 258 Å². The van der Waals surface area contributed by atoms with E-state index in [0.717, 1.165) is 11.3 Å². The van der Waals surface area contributed by atoms with Gasteiger partial charge in [-0.3, -0.25) is 9.59 Å². The lowest BCUT2D eigenvalue weighted by Crippen LogP contribution is -2.50. The molecule has 1 heterocycles. The molecule has 0 spiro atoms. The molecule has 3 aromatic rings. The van der Waals surface area contributed by atoms with E-state index >= 15 is 0 Å². The number of nitrogens with one attached hydrogen (secondary N) is 1. The first-order chi connectivity index (χ1) is 21.0. The van der Waals surface area contributed by atoms with Crippen LogP contribution in [0.3, 0.4) is 0 Å². The second-order valence-corrected chi connectivity index (χ2v) is 11.2. The van der Waals surface area contributed by atoms with Gasteiger partial charge in [0.05, 0.1) is 7.11 Å². The number of ether oxygens (including phenoxy) is 4. The summed E-state index contributed by atoms with van der Waals surface area (Å²) < 4.78 is 22.0. The fourth-order valence-electron chi connectivity index (χ4n) is 4.55. The average Bonchev–Trinajstić information content (AvgIpc) is 2.99. The maximum atomic E-state index is 12.8. The van der Waals surface area contributed by atoms with Crippen LogP contribution < -0.4 is 24.4 Å². The summed E-state index contributed by atoms with van der Waals surface area (Å²) in [5, 5.41) is 2.91. The molecule has 1 aliphatic rings. The predicted molar refractivity (Wildman–Crippen MR) is 169 cm³/mol. The molecule has 4 rings (SSSR count). The number of para-hydroxylation sites is 1. The topological polar surface area (TPSA) is 107 Å². The van der Waals surface area contributed by atoms with E-state index in [0.29, 0.717) is 48.9 Å². The quantitative estimate of drug-likeness (QED) is 0.183. The first-order valence-corrected chi connectivity index (χ1v) is 14.4. The average molecular weight is 602 g/mol. The SMILES string of the molecule is COc1ccc(/C=C/C(=O)Nc2ccccc2COc2cccc(N3CCN(C(=O)OC(C)(C)C)CC3)c2)cc1OC(C)=O. The maximum absolute atomic E-state index is 12.8. The number of piperazine rings is 1. The van der Waals surface area contributed by atoms with Crippen molar-refractivity contribution >= 4 is 35.4 Å². The lowest BCUT2D eigenvalue weighted by atomic mass is 10.1. The molecule has 0 radical (unpaired) electrons. The summed E-state index contributed by atoms with van der Waals surface area (Å²) >= 11 is 0. The van der Waals surface area contributed by atoms with E-state index in [2.05, 4.69) is 10.2 Å². The largest absolute Gasteiger partial charge is 0.493 e. The number of esters is 1.